The average Bonchev–Trinajstić information content (AvgIpc) is 2.65. The average molecular weight is 363 g/mol. The van der Waals surface area contributed by atoms with Crippen LogP contribution in [0.1, 0.15) is 118 Å². The maximum atomic E-state index is 12.0. The number of carbonyl (C=O) groups excluding carboxylic acids is 1. The summed E-state index contributed by atoms with van der Waals surface area (Å²) in [4.78, 5) is 12.0. The predicted molar refractivity (Wildman–Crippen MR) is 118 cm³/mol. The van der Waals surface area contributed by atoms with Gasteiger partial charge >= 0.3 is 0 Å². The van der Waals surface area contributed by atoms with Gasteiger partial charge in [-0.15, -0.1) is 0 Å². The molecule has 0 heterocycles. The minimum atomic E-state index is 0.328. The van der Waals surface area contributed by atoms with E-state index >= 15 is 0 Å². The van der Waals surface area contributed by atoms with Crippen LogP contribution in [0.25, 0.3) is 0 Å². The van der Waals surface area contributed by atoms with Crippen molar-refractivity contribution in [1.82, 2.24) is 0 Å². The Morgan fingerprint density at radius 3 is 1.73 bits per heavy atom. The van der Waals surface area contributed by atoms with E-state index in [0.29, 0.717) is 11.7 Å². The van der Waals surface area contributed by atoms with E-state index in [1.54, 1.807) is 0 Å². The van der Waals surface area contributed by atoms with Gasteiger partial charge in [-0.3, -0.25) is 4.79 Å². The molecule has 1 saturated carbocycles. The lowest BCUT2D eigenvalue weighted by Crippen LogP contribution is -2.23. The van der Waals surface area contributed by atoms with Crippen LogP contribution in [0.4, 0.5) is 0 Å². The number of hydrogen-bond acceptors (Lipinski definition) is 1. The number of allylic oxidation sites excluding steroid dienone is 4. The Labute approximate surface area is 164 Å². The fraction of sp³-hybridized carbons (Fsp3) is 0.800. The molecule has 2 rings (SSSR count). The Morgan fingerprint density at radius 2 is 1.35 bits per heavy atom. The standard InChI is InChI=1S/C15H22O.C8H18.C2H6/c1-2-3-5-12-8-10-14(11-9-12)15(16)13-6-4-7-13;1-3-5-7-8-6-4-2;1-2/h4,6-7,12,14H,2-3,5,8-11H2,1H3;3-8H2,1-2H3;1-2H3. The number of unbranched alkanes of at least 4 members (excludes halogenated alkanes) is 6. The zero-order valence-corrected chi connectivity index (χ0v) is 18.5. The van der Waals surface area contributed by atoms with Crippen molar-refractivity contribution in [1.29, 1.82) is 0 Å². The molecule has 0 aromatic heterocycles. The molecule has 1 fully saturated rings. The summed E-state index contributed by atoms with van der Waals surface area (Å²) in [7, 11) is 0. The third-order valence-corrected chi connectivity index (χ3v) is 5.48. The fourth-order valence-corrected chi connectivity index (χ4v) is 3.65. The molecule has 1 heteroatoms. The van der Waals surface area contributed by atoms with Gasteiger partial charge in [-0.25, -0.2) is 0 Å². The first-order chi connectivity index (χ1) is 12.7. The van der Waals surface area contributed by atoms with Gasteiger partial charge in [0, 0.05) is 11.5 Å². The van der Waals surface area contributed by atoms with Crippen LogP contribution >= 0.6 is 0 Å². The van der Waals surface area contributed by atoms with E-state index < -0.39 is 0 Å². The summed E-state index contributed by atoms with van der Waals surface area (Å²) in [6.45, 7) is 10.8. The van der Waals surface area contributed by atoms with Crippen molar-refractivity contribution < 1.29 is 4.79 Å². The molecular weight excluding hydrogens is 316 g/mol. The second kappa shape index (κ2) is 17.6. The third-order valence-electron chi connectivity index (χ3n) is 5.48. The quantitative estimate of drug-likeness (QED) is 0.356. The highest BCUT2D eigenvalue weighted by Crippen LogP contribution is 2.34. The zero-order chi connectivity index (χ0) is 19.6. The van der Waals surface area contributed by atoms with Gasteiger partial charge in [0.1, 0.15) is 0 Å². The van der Waals surface area contributed by atoms with Crippen LogP contribution in [0.3, 0.4) is 0 Å². The Balaban J connectivity index is 0.000000533. The Bertz CT molecular complexity index is 377. The van der Waals surface area contributed by atoms with Gasteiger partial charge in [-0.1, -0.05) is 111 Å². The van der Waals surface area contributed by atoms with E-state index in [-0.39, 0.29) is 0 Å². The fourth-order valence-electron chi connectivity index (χ4n) is 3.65. The van der Waals surface area contributed by atoms with Crippen LogP contribution in [0.5, 0.6) is 0 Å². The molecule has 152 valence electrons. The van der Waals surface area contributed by atoms with E-state index in [9.17, 15) is 4.79 Å². The molecule has 1 nitrogen and oxygen atoms in total. The van der Waals surface area contributed by atoms with E-state index in [1.807, 2.05) is 32.1 Å². The van der Waals surface area contributed by atoms with Crippen molar-refractivity contribution >= 4 is 5.78 Å². The molecule has 0 spiro atoms. The monoisotopic (exact) mass is 362 g/mol. The van der Waals surface area contributed by atoms with Crippen LogP contribution in [0.15, 0.2) is 23.8 Å². The lowest BCUT2D eigenvalue weighted by molar-refractivity contribution is -0.120. The van der Waals surface area contributed by atoms with E-state index in [4.69, 9.17) is 0 Å². The second-order valence-electron chi connectivity index (χ2n) is 7.62. The molecule has 0 N–H and O–H groups in total. The highest BCUT2D eigenvalue weighted by atomic mass is 16.1. The SMILES string of the molecule is CC.CCCCC1CCC(C(=O)C2=CC=C2)CC1.CCCCCCCC. The molecule has 0 atom stereocenters. The Kier molecular flexibility index (Phi) is 17.0. The largest absolute Gasteiger partial charge is 0.294 e. The van der Waals surface area contributed by atoms with Crippen LogP contribution in [-0.4, -0.2) is 5.78 Å². The highest BCUT2D eigenvalue weighted by Gasteiger charge is 2.27. The lowest BCUT2D eigenvalue weighted by atomic mass is 9.76. The first kappa shape index (κ1) is 25.1. The topological polar surface area (TPSA) is 17.1 Å². The molecule has 0 aromatic rings. The molecule has 0 unspecified atom stereocenters. The lowest BCUT2D eigenvalue weighted by Gasteiger charge is -2.28. The summed E-state index contributed by atoms with van der Waals surface area (Å²) in [5.74, 6) is 1.63. The third kappa shape index (κ3) is 11.0. The normalized spacial score (nSPS) is 20.7. The Morgan fingerprint density at radius 1 is 0.846 bits per heavy atom. The number of hydrogen-bond donors (Lipinski definition) is 0. The second-order valence-corrected chi connectivity index (χ2v) is 7.62. The summed E-state index contributed by atoms with van der Waals surface area (Å²) in [6, 6.07) is 0. The van der Waals surface area contributed by atoms with Crippen molar-refractivity contribution in [2.75, 3.05) is 0 Å². The smallest absolute Gasteiger partial charge is 0.165 e. The van der Waals surface area contributed by atoms with Crippen LogP contribution < -0.4 is 0 Å². The Hall–Kier alpha value is -0.850. The molecule has 0 amide bonds. The van der Waals surface area contributed by atoms with Crippen molar-refractivity contribution in [2.24, 2.45) is 11.8 Å². The summed E-state index contributed by atoms with van der Waals surface area (Å²) < 4.78 is 0. The molecule has 0 aliphatic heterocycles. The summed E-state index contributed by atoms with van der Waals surface area (Å²) >= 11 is 0. The van der Waals surface area contributed by atoms with E-state index in [2.05, 4.69) is 20.8 Å². The van der Waals surface area contributed by atoms with Gasteiger partial charge in [-0.05, 0) is 31.6 Å². The molecule has 0 radical (unpaired) electrons. The zero-order valence-electron chi connectivity index (χ0n) is 18.5. The number of carbonyl (C=O) groups is 1. The van der Waals surface area contributed by atoms with Crippen molar-refractivity contribution in [3.05, 3.63) is 23.8 Å². The van der Waals surface area contributed by atoms with Gasteiger partial charge in [0.15, 0.2) is 5.78 Å². The van der Waals surface area contributed by atoms with Gasteiger partial charge in [0.25, 0.3) is 0 Å². The molecule has 0 aromatic carbocycles. The minimum absolute atomic E-state index is 0.328. The van der Waals surface area contributed by atoms with E-state index in [0.717, 1.165) is 24.3 Å². The number of ketones is 1. The van der Waals surface area contributed by atoms with Crippen molar-refractivity contribution in [3.8, 4) is 0 Å². The van der Waals surface area contributed by atoms with Crippen molar-refractivity contribution in [2.45, 2.75) is 118 Å². The summed E-state index contributed by atoms with van der Waals surface area (Å²) in [5, 5.41) is 0. The molecule has 26 heavy (non-hydrogen) atoms. The van der Waals surface area contributed by atoms with Gasteiger partial charge in [0.2, 0.25) is 0 Å². The molecule has 2 aliphatic rings. The summed E-state index contributed by atoms with van der Waals surface area (Å²) in [6.07, 6.45) is 23.2. The molecular formula is C25H46O. The maximum absolute atomic E-state index is 12.0. The number of Topliss-reactive ketones (excluding diaryl/α,β-unsaturated/α-hetero) is 1. The van der Waals surface area contributed by atoms with Crippen LogP contribution in [0, 0.1) is 11.8 Å². The molecule has 0 saturated heterocycles. The first-order valence-electron chi connectivity index (χ1n) is 11.6. The van der Waals surface area contributed by atoms with Gasteiger partial charge < -0.3 is 0 Å². The van der Waals surface area contributed by atoms with Gasteiger partial charge in [0.05, 0.1) is 0 Å². The molecule has 2 aliphatic carbocycles. The maximum Gasteiger partial charge on any atom is 0.165 e. The van der Waals surface area contributed by atoms with E-state index in [1.165, 1.54) is 70.6 Å². The first-order valence-corrected chi connectivity index (χ1v) is 11.6. The van der Waals surface area contributed by atoms with Crippen LogP contribution in [0.2, 0.25) is 0 Å². The molecule has 0 bridgehead atoms. The van der Waals surface area contributed by atoms with Crippen molar-refractivity contribution in [3.63, 3.8) is 0 Å². The summed E-state index contributed by atoms with van der Waals surface area (Å²) in [5.41, 5.74) is 0.956. The minimum Gasteiger partial charge on any atom is -0.294 e. The van der Waals surface area contributed by atoms with Gasteiger partial charge in [-0.2, -0.15) is 0 Å². The number of rotatable bonds is 10. The predicted octanol–water partition coefficient (Wildman–Crippen LogP) is 8.44. The highest BCUT2D eigenvalue weighted by molar-refractivity contribution is 6.01. The van der Waals surface area contributed by atoms with Crippen LogP contribution in [-0.2, 0) is 4.79 Å².